The van der Waals surface area contributed by atoms with Gasteiger partial charge in [-0.3, -0.25) is 9.59 Å². The Labute approximate surface area is 194 Å². The van der Waals surface area contributed by atoms with Crippen LogP contribution in [0.4, 0.5) is 0 Å². The molecule has 0 aliphatic heterocycles. The molecule has 1 aliphatic rings. The minimum Gasteiger partial charge on any atom is -0.481 e. The third-order valence-electron chi connectivity index (χ3n) is 5.18. The molecule has 7 nitrogen and oxygen atoms in total. The fourth-order valence-electron chi connectivity index (χ4n) is 3.67. The SMILES string of the molecule is COC(=N[C@@H]1C=C[C@H](OC(C)=O)[C@H]1COCc1ccccc1)[C@@H](OC(C)=O)c1ccccc1. The Bertz CT molecular complexity index is 973. The van der Waals surface area contributed by atoms with Crippen LogP contribution in [0.1, 0.15) is 31.1 Å². The lowest BCUT2D eigenvalue weighted by Gasteiger charge is -2.25. The number of carbonyl (C=O) groups is 2. The van der Waals surface area contributed by atoms with Crippen molar-refractivity contribution in [3.8, 4) is 0 Å². The second-order valence-corrected chi connectivity index (χ2v) is 7.69. The molecule has 4 atom stereocenters. The fraction of sp³-hybridized carbons (Fsp3) is 0.346. The zero-order valence-corrected chi connectivity index (χ0v) is 19.0. The molecule has 3 rings (SSSR count). The predicted octanol–water partition coefficient (Wildman–Crippen LogP) is 4.04. The van der Waals surface area contributed by atoms with Crippen molar-refractivity contribution < 1.29 is 28.5 Å². The van der Waals surface area contributed by atoms with Crippen LogP contribution >= 0.6 is 0 Å². The van der Waals surface area contributed by atoms with Crippen molar-refractivity contribution in [3.05, 3.63) is 83.9 Å². The van der Waals surface area contributed by atoms with Gasteiger partial charge in [0, 0.05) is 25.3 Å². The highest BCUT2D eigenvalue weighted by molar-refractivity contribution is 5.85. The summed E-state index contributed by atoms with van der Waals surface area (Å²) < 4.78 is 22.5. The van der Waals surface area contributed by atoms with Gasteiger partial charge >= 0.3 is 11.9 Å². The lowest BCUT2D eigenvalue weighted by molar-refractivity contribution is -0.147. The summed E-state index contributed by atoms with van der Waals surface area (Å²) >= 11 is 0. The molecule has 0 N–H and O–H groups in total. The number of ether oxygens (including phenoxy) is 4. The van der Waals surface area contributed by atoms with Crippen LogP contribution in [0.25, 0.3) is 0 Å². The highest BCUT2D eigenvalue weighted by atomic mass is 16.6. The summed E-state index contributed by atoms with van der Waals surface area (Å²) in [5.41, 5.74) is 1.79. The van der Waals surface area contributed by atoms with Crippen molar-refractivity contribution in [1.29, 1.82) is 0 Å². The van der Waals surface area contributed by atoms with Crippen LogP contribution in [0.2, 0.25) is 0 Å². The molecule has 0 fully saturated rings. The first-order valence-corrected chi connectivity index (χ1v) is 10.8. The number of methoxy groups -OCH3 is 1. The minimum absolute atomic E-state index is 0.252. The van der Waals surface area contributed by atoms with E-state index in [0.29, 0.717) is 13.2 Å². The zero-order valence-electron chi connectivity index (χ0n) is 19.0. The van der Waals surface area contributed by atoms with E-state index in [-0.39, 0.29) is 23.8 Å². The molecule has 0 saturated carbocycles. The maximum absolute atomic E-state index is 11.8. The largest absolute Gasteiger partial charge is 0.481 e. The van der Waals surface area contributed by atoms with Crippen molar-refractivity contribution in [3.63, 3.8) is 0 Å². The summed E-state index contributed by atoms with van der Waals surface area (Å²) in [6.45, 7) is 3.46. The highest BCUT2D eigenvalue weighted by Crippen LogP contribution is 2.29. The summed E-state index contributed by atoms with van der Waals surface area (Å²) in [5, 5.41) is 0. The lowest BCUT2D eigenvalue weighted by Crippen LogP contribution is -2.32. The van der Waals surface area contributed by atoms with Gasteiger partial charge in [-0.25, -0.2) is 4.99 Å². The van der Waals surface area contributed by atoms with Crippen molar-refractivity contribution >= 4 is 17.8 Å². The summed E-state index contributed by atoms with van der Waals surface area (Å²) in [5.74, 6) is -0.827. The molecule has 0 unspecified atom stereocenters. The van der Waals surface area contributed by atoms with E-state index in [0.717, 1.165) is 11.1 Å². The summed E-state index contributed by atoms with van der Waals surface area (Å²) in [6, 6.07) is 18.7. The quantitative estimate of drug-likeness (QED) is 0.248. The number of esters is 2. The second-order valence-electron chi connectivity index (χ2n) is 7.69. The third-order valence-corrected chi connectivity index (χ3v) is 5.18. The van der Waals surface area contributed by atoms with E-state index in [1.165, 1.54) is 21.0 Å². The molecule has 174 valence electrons. The van der Waals surface area contributed by atoms with Crippen molar-refractivity contribution in [2.24, 2.45) is 10.9 Å². The Balaban J connectivity index is 1.81. The summed E-state index contributed by atoms with van der Waals surface area (Å²) in [6.07, 6.45) is 2.40. The molecule has 2 aromatic rings. The Hall–Kier alpha value is -3.45. The van der Waals surface area contributed by atoms with Crippen LogP contribution in [0, 0.1) is 5.92 Å². The number of nitrogens with zero attached hydrogens (tertiary/aromatic N) is 1. The second kappa shape index (κ2) is 12.0. The molecular formula is C26H29NO6. The average molecular weight is 452 g/mol. The summed E-state index contributed by atoms with van der Waals surface area (Å²) in [4.78, 5) is 28.1. The van der Waals surface area contributed by atoms with Gasteiger partial charge in [-0.1, -0.05) is 66.7 Å². The van der Waals surface area contributed by atoms with E-state index in [9.17, 15) is 9.59 Å². The third kappa shape index (κ3) is 7.02. The van der Waals surface area contributed by atoms with E-state index in [1.54, 1.807) is 0 Å². The van der Waals surface area contributed by atoms with Gasteiger partial charge in [-0.15, -0.1) is 0 Å². The van der Waals surface area contributed by atoms with Crippen LogP contribution in [-0.4, -0.2) is 43.7 Å². The topological polar surface area (TPSA) is 83.4 Å². The molecule has 1 aliphatic carbocycles. The molecule has 0 bridgehead atoms. The molecule has 0 aromatic heterocycles. The molecule has 0 amide bonds. The van der Waals surface area contributed by atoms with E-state index < -0.39 is 18.2 Å². The number of benzene rings is 2. The first kappa shape index (κ1) is 24.2. The fourth-order valence-corrected chi connectivity index (χ4v) is 3.67. The molecule has 0 saturated heterocycles. The maximum atomic E-state index is 11.8. The van der Waals surface area contributed by atoms with E-state index in [4.69, 9.17) is 23.9 Å². The van der Waals surface area contributed by atoms with Gasteiger partial charge in [0.05, 0.1) is 26.4 Å². The predicted molar refractivity (Wildman–Crippen MR) is 123 cm³/mol. The van der Waals surface area contributed by atoms with Crippen molar-refractivity contribution in [2.45, 2.75) is 38.7 Å². The molecule has 7 heteroatoms. The Morgan fingerprint density at radius 2 is 1.61 bits per heavy atom. The molecule has 2 aromatic carbocycles. The van der Waals surface area contributed by atoms with Crippen LogP contribution in [-0.2, 0) is 35.1 Å². The number of hydrogen-bond donors (Lipinski definition) is 0. The number of rotatable bonds is 9. The monoisotopic (exact) mass is 451 g/mol. The van der Waals surface area contributed by atoms with Gasteiger partial charge in [0.25, 0.3) is 0 Å². The number of aliphatic imine (C=N–C) groups is 1. The average Bonchev–Trinajstić information content (AvgIpc) is 3.17. The van der Waals surface area contributed by atoms with Crippen molar-refractivity contribution in [1.82, 2.24) is 0 Å². The Kier molecular flexibility index (Phi) is 8.78. The van der Waals surface area contributed by atoms with Crippen molar-refractivity contribution in [2.75, 3.05) is 13.7 Å². The smallest absolute Gasteiger partial charge is 0.303 e. The van der Waals surface area contributed by atoms with E-state index in [1.807, 2.05) is 72.8 Å². The first-order valence-electron chi connectivity index (χ1n) is 10.8. The van der Waals surface area contributed by atoms with Gasteiger partial charge in [0.1, 0.15) is 6.10 Å². The maximum Gasteiger partial charge on any atom is 0.303 e. The van der Waals surface area contributed by atoms with Gasteiger partial charge < -0.3 is 18.9 Å². The van der Waals surface area contributed by atoms with Crippen LogP contribution in [0.3, 0.4) is 0 Å². The number of hydrogen-bond acceptors (Lipinski definition) is 7. The summed E-state index contributed by atoms with van der Waals surface area (Å²) in [7, 11) is 1.49. The van der Waals surface area contributed by atoms with Gasteiger partial charge in [0.2, 0.25) is 12.0 Å². The molecule has 0 heterocycles. The van der Waals surface area contributed by atoms with E-state index in [2.05, 4.69) is 0 Å². The Morgan fingerprint density at radius 3 is 2.21 bits per heavy atom. The lowest BCUT2D eigenvalue weighted by atomic mass is 10.0. The van der Waals surface area contributed by atoms with Crippen LogP contribution < -0.4 is 0 Å². The normalized spacial score (nSPS) is 20.8. The molecule has 0 spiro atoms. The van der Waals surface area contributed by atoms with E-state index >= 15 is 0 Å². The molecule has 33 heavy (non-hydrogen) atoms. The van der Waals surface area contributed by atoms with Gasteiger partial charge in [0.15, 0.2) is 0 Å². The molecular weight excluding hydrogens is 422 g/mol. The van der Waals surface area contributed by atoms with Gasteiger partial charge in [-0.2, -0.15) is 0 Å². The minimum atomic E-state index is -0.791. The Morgan fingerprint density at radius 1 is 0.939 bits per heavy atom. The van der Waals surface area contributed by atoms with Crippen LogP contribution in [0.5, 0.6) is 0 Å². The first-order chi connectivity index (χ1) is 16.0. The standard InChI is InChI=1S/C26H29NO6/c1-18(28)32-24-15-14-23(22(24)17-31-16-20-10-6-4-7-11-20)27-26(30-3)25(33-19(2)29)21-12-8-5-9-13-21/h4-15,22-25H,16-17H2,1-3H3/t22-,23+,24-,25-/m0/s1. The molecule has 0 radical (unpaired) electrons. The highest BCUT2D eigenvalue weighted by Gasteiger charge is 2.36. The van der Waals surface area contributed by atoms with Gasteiger partial charge in [-0.05, 0) is 11.6 Å². The zero-order chi connectivity index (χ0) is 23.6. The number of carbonyl (C=O) groups excluding carboxylic acids is 2. The van der Waals surface area contributed by atoms with Crippen LogP contribution in [0.15, 0.2) is 77.8 Å².